The molecule has 0 radical (unpaired) electrons. The van der Waals surface area contributed by atoms with Crippen LogP contribution in [0.15, 0.2) is 38.1 Å². The van der Waals surface area contributed by atoms with E-state index in [0.29, 0.717) is 21.4 Å². The van der Waals surface area contributed by atoms with Gasteiger partial charge < -0.3 is 5.73 Å². The monoisotopic (exact) mass is 433 g/mol. The van der Waals surface area contributed by atoms with Gasteiger partial charge in [0.15, 0.2) is 0 Å². The highest BCUT2D eigenvalue weighted by molar-refractivity contribution is 9.10. The smallest absolute Gasteiger partial charge is 0.263 e. The summed E-state index contributed by atoms with van der Waals surface area (Å²) in [6.07, 6.45) is 0. The maximum atomic E-state index is 12.5. The maximum Gasteiger partial charge on any atom is 0.263 e. The summed E-state index contributed by atoms with van der Waals surface area (Å²) in [7, 11) is -3.76. The molecule has 5 nitrogen and oxygen atoms in total. The molecule has 2 aromatic rings. The number of nitrogen functional groups attached to an aromatic ring is 1. The van der Waals surface area contributed by atoms with Crippen LogP contribution < -0.4 is 10.5 Å². The fourth-order valence-corrected chi connectivity index (χ4v) is 3.90. The SMILES string of the molecule is Cc1nc(NS(=O)(=O)c2cc(Br)cc(N)c2C)ccc1Br. The largest absolute Gasteiger partial charge is 0.398 e. The topological polar surface area (TPSA) is 85.1 Å². The lowest BCUT2D eigenvalue weighted by molar-refractivity contribution is 0.600. The number of nitrogens with one attached hydrogen (secondary N) is 1. The molecule has 0 unspecified atom stereocenters. The van der Waals surface area contributed by atoms with Gasteiger partial charge in [0.2, 0.25) is 0 Å². The standard InChI is InChI=1S/C13H13Br2N3O2S/c1-7-11(16)5-9(14)6-12(7)21(19,20)18-13-4-3-10(15)8(2)17-13/h3-6H,16H2,1-2H3,(H,17,18). The van der Waals surface area contributed by atoms with Gasteiger partial charge >= 0.3 is 0 Å². The number of nitrogens with two attached hydrogens (primary N) is 1. The zero-order valence-electron chi connectivity index (χ0n) is 11.3. The van der Waals surface area contributed by atoms with Crippen LogP contribution in [-0.2, 0) is 10.0 Å². The van der Waals surface area contributed by atoms with Gasteiger partial charge in [-0.3, -0.25) is 4.72 Å². The summed E-state index contributed by atoms with van der Waals surface area (Å²) in [5.41, 5.74) is 7.41. The van der Waals surface area contributed by atoms with Crippen LogP contribution >= 0.6 is 31.9 Å². The van der Waals surface area contributed by atoms with Gasteiger partial charge in [-0.05, 0) is 59.6 Å². The van der Waals surface area contributed by atoms with Crippen molar-refractivity contribution >= 4 is 53.4 Å². The van der Waals surface area contributed by atoms with Gasteiger partial charge in [0.1, 0.15) is 5.82 Å². The number of pyridine rings is 1. The number of nitrogens with zero attached hydrogens (tertiary/aromatic N) is 1. The van der Waals surface area contributed by atoms with Crippen molar-refractivity contribution in [3.05, 3.63) is 44.5 Å². The highest BCUT2D eigenvalue weighted by Gasteiger charge is 2.20. The lowest BCUT2D eigenvalue weighted by Crippen LogP contribution is -2.16. The average Bonchev–Trinajstić information content (AvgIpc) is 2.37. The third-order valence-electron chi connectivity index (χ3n) is 2.91. The van der Waals surface area contributed by atoms with Crippen molar-refractivity contribution in [2.75, 3.05) is 10.5 Å². The van der Waals surface area contributed by atoms with Gasteiger partial charge in [0, 0.05) is 14.6 Å². The van der Waals surface area contributed by atoms with Crippen molar-refractivity contribution in [2.24, 2.45) is 0 Å². The van der Waals surface area contributed by atoms with Crippen LogP contribution in [0.1, 0.15) is 11.3 Å². The Balaban J connectivity index is 2.45. The van der Waals surface area contributed by atoms with Crippen LogP contribution in [0.2, 0.25) is 0 Å². The Kier molecular flexibility index (Phi) is 4.60. The maximum absolute atomic E-state index is 12.5. The fourth-order valence-electron chi connectivity index (χ4n) is 1.75. The molecule has 0 amide bonds. The van der Waals surface area contributed by atoms with E-state index in [1.54, 1.807) is 32.0 Å². The predicted octanol–water partition coefficient (Wildman–Crippen LogP) is 3.61. The average molecular weight is 435 g/mol. The molecule has 0 fully saturated rings. The van der Waals surface area contributed by atoms with Gasteiger partial charge in [-0.1, -0.05) is 15.9 Å². The highest BCUT2D eigenvalue weighted by atomic mass is 79.9. The molecule has 21 heavy (non-hydrogen) atoms. The second-order valence-corrected chi connectivity index (χ2v) is 7.91. The number of hydrogen-bond acceptors (Lipinski definition) is 4. The molecule has 1 heterocycles. The molecule has 3 N–H and O–H groups in total. The van der Waals surface area contributed by atoms with Gasteiger partial charge in [0.25, 0.3) is 10.0 Å². The van der Waals surface area contributed by atoms with Crippen LogP contribution in [0, 0.1) is 13.8 Å². The predicted molar refractivity (Wildman–Crippen MR) is 90.8 cm³/mol. The fraction of sp³-hybridized carbons (Fsp3) is 0.154. The summed E-state index contributed by atoms with van der Waals surface area (Å²) in [5, 5.41) is 0. The Labute approximate surface area is 140 Å². The molecule has 0 atom stereocenters. The van der Waals surface area contributed by atoms with Crippen molar-refractivity contribution < 1.29 is 8.42 Å². The summed E-state index contributed by atoms with van der Waals surface area (Å²) in [6.45, 7) is 3.45. The molecule has 1 aromatic heterocycles. The number of rotatable bonds is 3. The minimum Gasteiger partial charge on any atom is -0.398 e. The van der Waals surface area contributed by atoms with Crippen molar-refractivity contribution in [1.82, 2.24) is 4.98 Å². The Morgan fingerprint density at radius 1 is 1.19 bits per heavy atom. The zero-order chi connectivity index (χ0) is 15.8. The molecule has 0 spiro atoms. The molecule has 0 saturated carbocycles. The quantitative estimate of drug-likeness (QED) is 0.722. The molecule has 0 aliphatic heterocycles. The first-order valence-electron chi connectivity index (χ1n) is 5.92. The molecular formula is C13H13Br2N3O2S. The van der Waals surface area contributed by atoms with E-state index in [9.17, 15) is 8.42 Å². The van der Waals surface area contributed by atoms with Crippen LogP contribution in [0.3, 0.4) is 0 Å². The molecule has 112 valence electrons. The molecule has 0 saturated heterocycles. The molecule has 0 bridgehead atoms. The zero-order valence-corrected chi connectivity index (χ0v) is 15.3. The normalized spacial score (nSPS) is 11.4. The van der Waals surface area contributed by atoms with Gasteiger partial charge in [0.05, 0.1) is 10.6 Å². The number of aromatic nitrogens is 1. The van der Waals surface area contributed by atoms with E-state index in [1.165, 1.54) is 6.07 Å². The second kappa shape index (κ2) is 5.94. The molecule has 1 aromatic carbocycles. The first-order valence-corrected chi connectivity index (χ1v) is 8.99. The van der Waals surface area contributed by atoms with E-state index in [0.717, 1.165) is 4.47 Å². The second-order valence-electron chi connectivity index (χ2n) is 4.49. The molecule has 2 rings (SSSR count). The first kappa shape index (κ1) is 16.3. The van der Waals surface area contributed by atoms with E-state index < -0.39 is 10.0 Å². The summed E-state index contributed by atoms with van der Waals surface area (Å²) in [5.74, 6) is 0.258. The number of sulfonamides is 1. The summed E-state index contributed by atoms with van der Waals surface area (Å²) < 4.78 is 28.8. The number of aryl methyl sites for hydroxylation is 1. The number of hydrogen-bond donors (Lipinski definition) is 2. The van der Waals surface area contributed by atoms with E-state index >= 15 is 0 Å². The van der Waals surface area contributed by atoms with E-state index in [2.05, 4.69) is 41.6 Å². The minimum absolute atomic E-state index is 0.122. The third-order valence-corrected chi connectivity index (χ3v) is 5.69. The van der Waals surface area contributed by atoms with Crippen molar-refractivity contribution in [3.8, 4) is 0 Å². The lowest BCUT2D eigenvalue weighted by Gasteiger charge is -2.12. The lowest BCUT2D eigenvalue weighted by atomic mass is 10.2. The van der Waals surface area contributed by atoms with E-state index in [1.807, 2.05) is 0 Å². The summed E-state index contributed by atoms with van der Waals surface area (Å²) >= 11 is 6.57. The highest BCUT2D eigenvalue weighted by Crippen LogP contribution is 2.28. The van der Waals surface area contributed by atoms with Crippen LogP contribution in [-0.4, -0.2) is 13.4 Å². The molecule has 8 heteroatoms. The van der Waals surface area contributed by atoms with Gasteiger partial charge in [-0.2, -0.15) is 0 Å². The van der Waals surface area contributed by atoms with E-state index in [4.69, 9.17) is 5.73 Å². The molecule has 0 aliphatic carbocycles. The Morgan fingerprint density at radius 3 is 2.48 bits per heavy atom. The summed E-state index contributed by atoms with van der Waals surface area (Å²) in [4.78, 5) is 4.30. The number of benzene rings is 1. The van der Waals surface area contributed by atoms with Gasteiger partial charge in [-0.25, -0.2) is 13.4 Å². The van der Waals surface area contributed by atoms with Crippen LogP contribution in [0.4, 0.5) is 11.5 Å². The van der Waals surface area contributed by atoms with Crippen LogP contribution in [0.25, 0.3) is 0 Å². The molecular weight excluding hydrogens is 422 g/mol. The Morgan fingerprint density at radius 2 is 1.86 bits per heavy atom. The van der Waals surface area contributed by atoms with E-state index in [-0.39, 0.29) is 10.7 Å². The third kappa shape index (κ3) is 3.56. The summed E-state index contributed by atoms with van der Waals surface area (Å²) in [6, 6.07) is 6.50. The number of halogens is 2. The Hall–Kier alpha value is -1.12. The van der Waals surface area contributed by atoms with Crippen molar-refractivity contribution in [2.45, 2.75) is 18.7 Å². The first-order chi connectivity index (χ1) is 9.70. The van der Waals surface area contributed by atoms with Gasteiger partial charge in [-0.15, -0.1) is 0 Å². The minimum atomic E-state index is -3.76. The van der Waals surface area contributed by atoms with Crippen molar-refractivity contribution in [3.63, 3.8) is 0 Å². The molecule has 0 aliphatic rings. The number of anilines is 2. The van der Waals surface area contributed by atoms with Crippen LogP contribution in [0.5, 0.6) is 0 Å². The van der Waals surface area contributed by atoms with Crippen molar-refractivity contribution in [1.29, 1.82) is 0 Å². The Bertz CT molecular complexity index is 807.